The van der Waals surface area contributed by atoms with E-state index in [1.807, 2.05) is 75.0 Å². The summed E-state index contributed by atoms with van der Waals surface area (Å²) in [5.74, 6) is 1.34. The van der Waals surface area contributed by atoms with E-state index in [-0.39, 0.29) is 11.9 Å². The minimum absolute atomic E-state index is 0.00750. The Morgan fingerprint density at radius 2 is 1.58 bits per heavy atom. The number of amides is 3. The molecule has 7 rings (SSSR count). The number of anilines is 3. The number of urea groups is 1. The molecule has 0 bridgehead atoms. The Labute approximate surface area is 278 Å². The lowest BCUT2D eigenvalue weighted by Gasteiger charge is -2.28. The number of morpholine rings is 1. The fourth-order valence-electron chi connectivity index (χ4n) is 6.08. The maximum absolute atomic E-state index is 12.9. The minimum atomic E-state index is -0.388. The molecule has 5 aromatic rings. The number of nitrogens with one attached hydrogen (secondary N) is 2. The van der Waals surface area contributed by atoms with Crippen molar-refractivity contribution < 1.29 is 14.3 Å². The normalized spacial score (nSPS) is 16.5. The highest BCUT2D eigenvalue weighted by molar-refractivity contribution is 6.00. The molecule has 0 saturated carbocycles. The highest BCUT2D eigenvalue weighted by atomic mass is 16.5. The first-order valence-electron chi connectivity index (χ1n) is 16.0. The van der Waals surface area contributed by atoms with Crippen LogP contribution in [0, 0.1) is 0 Å². The number of rotatable bonds is 7. The van der Waals surface area contributed by atoms with Crippen LogP contribution in [0.25, 0.3) is 33.5 Å². The molecule has 3 aromatic heterocycles. The van der Waals surface area contributed by atoms with Crippen molar-refractivity contribution in [3.05, 3.63) is 78.8 Å². The quantitative estimate of drug-likeness (QED) is 0.265. The number of pyridine rings is 1. The van der Waals surface area contributed by atoms with Gasteiger partial charge in [0.1, 0.15) is 5.52 Å². The molecule has 3 amide bonds. The number of hydrogen-bond donors (Lipinski definition) is 2. The van der Waals surface area contributed by atoms with Gasteiger partial charge >= 0.3 is 6.03 Å². The zero-order chi connectivity index (χ0) is 33.2. The monoisotopic (exact) mass is 646 g/mol. The van der Waals surface area contributed by atoms with Gasteiger partial charge in [0.15, 0.2) is 11.6 Å². The molecular weight excluding hydrogens is 608 g/mol. The van der Waals surface area contributed by atoms with Crippen molar-refractivity contribution >= 4 is 40.2 Å². The second-order valence-corrected chi connectivity index (χ2v) is 12.4. The van der Waals surface area contributed by atoms with Crippen LogP contribution in [0.1, 0.15) is 16.8 Å². The molecule has 2 N–H and O–H groups in total. The molecule has 0 unspecified atom stereocenters. The van der Waals surface area contributed by atoms with E-state index >= 15 is 0 Å². The van der Waals surface area contributed by atoms with Crippen molar-refractivity contribution in [3.63, 3.8) is 0 Å². The first-order valence-corrected chi connectivity index (χ1v) is 16.0. The van der Waals surface area contributed by atoms with E-state index in [1.54, 1.807) is 28.9 Å². The number of nitrogens with zero attached hydrogens (tertiary/aromatic N) is 8. The average Bonchev–Trinajstić information content (AvgIpc) is 3.78. The van der Waals surface area contributed by atoms with Crippen LogP contribution in [-0.2, 0) is 11.8 Å². The van der Waals surface area contributed by atoms with Gasteiger partial charge < -0.3 is 30.1 Å². The molecule has 48 heavy (non-hydrogen) atoms. The number of aromatic nitrogens is 5. The lowest BCUT2D eigenvalue weighted by molar-refractivity contribution is 0.0783. The van der Waals surface area contributed by atoms with Crippen molar-refractivity contribution in [2.24, 2.45) is 7.05 Å². The number of benzene rings is 2. The summed E-state index contributed by atoms with van der Waals surface area (Å²) in [5.41, 5.74) is 5.95. The summed E-state index contributed by atoms with van der Waals surface area (Å²) in [7, 11) is 5.96. The van der Waals surface area contributed by atoms with Crippen LogP contribution < -0.4 is 15.5 Å². The third-order valence-electron chi connectivity index (χ3n) is 8.84. The number of hydrogen-bond acceptors (Lipinski definition) is 9. The standard InChI is InChI=1S/C35H38N10O3/c1-42(2)29-12-13-45(22-29)34(46)24-6-10-28(11-7-24)39-35(47)38-27-8-4-23(5-9-27)32-40-30-18-25(26-20-37-43(3)21-26)19-36-31(30)33(41-32)44-14-16-48-17-15-44/h4-11,18-21,29H,12-17,22H2,1-3H3,(H2,38,39,47)/t29-/m0/s1. The predicted octanol–water partition coefficient (Wildman–Crippen LogP) is 4.35. The topological polar surface area (TPSA) is 134 Å². The van der Waals surface area contributed by atoms with Crippen LogP contribution in [0.3, 0.4) is 0 Å². The maximum Gasteiger partial charge on any atom is 0.323 e. The number of fused-ring (bicyclic) bond motifs is 1. The van der Waals surface area contributed by atoms with Crippen LogP contribution in [-0.4, -0.2) is 106 Å². The molecule has 13 heteroatoms. The Morgan fingerprint density at radius 1 is 0.875 bits per heavy atom. The van der Waals surface area contributed by atoms with Crippen LogP contribution in [0.5, 0.6) is 0 Å². The van der Waals surface area contributed by atoms with Gasteiger partial charge in [-0.2, -0.15) is 5.10 Å². The summed E-state index contributed by atoms with van der Waals surface area (Å²) in [6, 6.07) is 16.4. The van der Waals surface area contributed by atoms with Gasteiger partial charge in [-0.3, -0.25) is 14.5 Å². The number of carbonyl (C=O) groups excluding carboxylic acids is 2. The molecule has 246 valence electrons. The molecule has 0 spiro atoms. The van der Waals surface area contributed by atoms with Crippen LogP contribution in [0.15, 0.2) is 73.2 Å². The zero-order valence-electron chi connectivity index (χ0n) is 27.3. The van der Waals surface area contributed by atoms with Gasteiger partial charge in [-0.25, -0.2) is 14.8 Å². The van der Waals surface area contributed by atoms with E-state index in [9.17, 15) is 9.59 Å². The molecule has 2 aliphatic rings. The summed E-state index contributed by atoms with van der Waals surface area (Å²) in [6.07, 6.45) is 6.55. The summed E-state index contributed by atoms with van der Waals surface area (Å²) in [5, 5.41) is 10.0. The Bertz CT molecular complexity index is 1940. The van der Waals surface area contributed by atoms with Crippen LogP contribution in [0.4, 0.5) is 22.0 Å². The Hall–Kier alpha value is -5.40. The molecule has 2 saturated heterocycles. The zero-order valence-corrected chi connectivity index (χ0v) is 27.3. The number of ether oxygens (including phenoxy) is 1. The second-order valence-electron chi connectivity index (χ2n) is 12.4. The lowest BCUT2D eigenvalue weighted by atomic mass is 10.1. The first-order chi connectivity index (χ1) is 23.3. The Balaban J connectivity index is 1.05. The van der Waals surface area contributed by atoms with E-state index in [1.165, 1.54) is 0 Å². The molecule has 2 fully saturated rings. The van der Waals surface area contributed by atoms with Crippen molar-refractivity contribution in [2.75, 3.05) is 69.0 Å². The van der Waals surface area contributed by atoms with E-state index in [2.05, 4.69) is 25.5 Å². The summed E-state index contributed by atoms with van der Waals surface area (Å²) in [4.78, 5) is 46.6. The van der Waals surface area contributed by atoms with Gasteiger partial charge in [0.05, 0.1) is 24.9 Å². The molecule has 2 aliphatic heterocycles. The van der Waals surface area contributed by atoms with Gasteiger partial charge in [-0.05, 0) is 75.1 Å². The van der Waals surface area contributed by atoms with Crippen molar-refractivity contribution in [1.82, 2.24) is 34.5 Å². The molecule has 0 aliphatic carbocycles. The number of likely N-dealkylation sites (tertiary alicyclic amines) is 1. The Kier molecular flexibility index (Phi) is 8.70. The fourth-order valence-corrected chi connectivity index (χ4v) is 6.08. The van der Waals surface area contributed by atoms with Crippen molar-refractivity contribution in [1.29, 1.82) is 0 Å². The van der Waals surface area contributed by atoms with Gasteiger partial charge in [0.25, 0.3) is 5.91 Å². The molecule has 13 nitrogen and oxygen atoms in total. The van der Waals surface area contributed by atoms with Gasteiger partial charge in [0, 0.05) is 85.3 Å². The van der Waals surface area contributed by atoms with E-state index in [0.717, 1.165) is 53.1 Å². The SMILES string of the molecule is CN(C)[C@H]1CCN(C(=O)c2ccc(NC(=O)Nc3ccc(-c4nc(N5CCOCC5)c5ncc(-c6cnn(C)c6)cc5n4)cc3)cc2)C1. The second kappa shape index (κ2) is 13.4. The molecule has 0 radical (unpaired) electrons. The Morgan fingerprint density at radius 3 is 2.23 bits per heavy atom. The maximum atomic E-state index is 12.9. The van der Waals surface area contributed by atoms with Gasteiger partial charge in [-0.15, -0.1) is 0 Å². The van der Waals surface area contributed by atoms with Gasteiger partial charge in [-0.1, -0.05) is 0 Å². The van der Waals surface area contributed by atoms with E-state index < -0.39 is 0 Å². The van der Waals surface area contributed by atoms with E-state index in [4.69, 9.17) is 19.7 Å². The number of aryl methyl sites for hydroxylation is 1. The fraction of sp³-hybridized carbons (Fsp3) is 0.314. The largest absolute Gasteiger partial charge is 0.378 e. The number of carbonyl (C=O) groups is 2. The third kappa shape index (κ3) is 6.68. The summed E-state index contributed by atoms with van der Waals surface area (Å²) < 4.78 is 7.34. The first kappa shape index (κ1) is 31.2. The lowest BCUT2D eigenvalue weighted by Crippen LogP contribution is -2.37. The molecule has 2 aromatic carbocycles. The van der Waals surface area contributed by atoms with Crippen LogP contribution in [0.2, 0.25) is 0 Å². The summed E-state index contributed by atoms with van der Waals surface area (Å²) >= 11 is 0. The van der Waals surface area contributed by atoms with Crippen molar-refractivity contribution in [2.45, 2.75) is 12.5 Å². The molecule has 1 atom stereocenters. The van der Waals surface area contributed by atoms with Crippen molar-refractivity contribution in [3.8, 4) is 22.5 Å². The minimum Gasteiger partial charge on any atom is -0.378 e. The summed E-state index contributed by atoms with van der Waals surface area (Å²) in [6.45, 7) is 4.13. The highest BCUT2D eigenvalue weighted by Crippen LogP contribution is 2.30. The predicted molar refractivity (Wildman–Crippen MR) is 185 cm³/mol. The number of likely N-dealkylation sites (N-methyl/N-ethyl adjacent to an activating group) is 1. The molecular formula is C35H38N10O3. The van der Waals surface area contributed by atoms with Crippen LogP contribution >= 0.6 is 0 Å². The van der Waals surface area contributed by atoms with Gasteiger partial charge in [0.2, 0.25) is 0 Å². The average molecular weight is 647 g/mol. The van der Waals surface area contributed by atoms with E-state index in [0.29, 0.717) is 55.1 Å². The smallest absolute Gasteiger partial charge is 0.323 e. The molecule has 5 heterocycles. The third-order valence-corrected chi connectivity index (χ3v) is 8.84. The highest BCUT2D eigenvalue weighted by Gasteiger charge is 2.28.